The van der Waals surface area contributed by atoms with E-state index in [0.29, 0.717) is 42.4 Å². The van der Waals surface area contributed by atoms with Gasteiger partial charge in [-0.3, -0.25) is 18.6 Å². The molecule has 0 fully saturated rings. The highest BCUT2D eigenvalue weighted by Gasteiger charge is 2.18. The fourth-order valence-electron chi connectivity index (χ4n) is 3.76. The summed E-state index contributed by atoms with van der Waals surface area (Å²) in [6.45, 7) is 3.61. The Morgan fingerprint density at radius 2 is 1.88 bits per heavy atom. The van der Waals surface area contributed by atoms with Gasteiger partial charge in [0.1, 0.15) is 0 Å². The molecule has 172 valence electrons. The topological polar surface area (TPSA) is 81.7 Å². The summed E-state index contributed by atoms with van der Waals surface area (Å²) in [7, 11) is 3.44. The maximum atomic E-state index is 13.1. The predicted molar refractivity (Wildman–Crippen MR) is 130 cm³/mol. The molecule has 0 saturated heterocycles. The van der Waals surface area contributed by atoms with Crippen LogP contribution in [0.25, 0.3) is 16.7 Å². The van der Waals surface area contributed by atoms with Crippen LogP contribution in [0.3, 0.4) is 0 Å². The van der Waals surface area contributed by atoms with Crippen molar-refractivity contribution in [1.29, 1.82) is 0 Å². The van der Waals surface area contributed by atoms with Crippen molar-refractivity contribution in [3.8, 4) is 0 Å². The molecule has 0 atom stereocenters. The zero-order valence-electron chi connectivity index (χ0n) is 19.0. The standard InChI is InChI=1S/C24H27N5O3S/c1-17-9-4-5-10-18(17)15-27(2)21(30)16-33-24-26-25-23-28(13-8-14-32-3)22(31)19-11-6-7-12-20(19)29(23)24/h4-7,9-12H,8,13-16H2,1-3H3. The lowest BCUT2D eigenvalue weighted by Gasteiger charge is -2.18. The first kappa shape index (κ1) is 23.0. The maximum absolute atomic E-state index is 13.1. The number of amides is 1. The number of aryl methyl sites for hydroxylation is 2. The molecule has 0 N–H and O–H groups in total. The second-order valence-electron chi connectivity index (χ2n) is 7.90. The second-order valence-corrected chi connectivity index (χ2v) is 8.85. The largest absolute Gasteiger partial charge is 0.385 e. The third-order valence-corrected chi connectivity index (χ3v) is 6.54. The first-order valence-corrected chi connectivity index (χ1v) is 11.8. The molecule has 2 heterocycles. The third kappa shape index (κ3) is 4.79. The van der Waals surface area contributed by atoms with E-state index in [2.05, 4.69) is 10.2 Å². The number of nitrogens with zero attached hydrogens (tertiary/aromatic N) is 5. The first-order valence-electron chi connectivity index (χ1n) is 10.8. The van der Waals surface area contributed by atoms with Crippen LogP contribution in [-0.2, 0) is 22.6 Å². The molecule has 8 nitrogen and oxygen atoms in total. The Morgan fingerprint density at radius 3 is 2.67 bits per heavy atom. The van der Waals surface area contributed by atoms with Gasteiger partial charge >= 0.3 is 0 Å². The lowest BCUT2D eigenvalue weighted by Crippen LogP contribution is -2.28. The number of hydrogen-bond donors (Lipinski definition) is 0. The number of ether oxygens (including phenoxy) is 1. The monoisotopic (exact) mass is 465 g/mol. The molecule has 2 aromatic carbocycles. The zero-order valence-corrected chi connectivity index (χ0v) is 19.8. The van der Waals surface area contributed by atoms with Crippen molar-refractivity contribution in [1.82, 2.24) is 24.1 Å². The van der Waals surface area contributed by atoms with E-state index in [0.717, 1.165) is 16.6 Å². The quantitative estimate of drug-likeness (QED) is 0.279. The minimum atomic E-state index is -0.104. The lowest BCUT2D eigenvalue weighted by atomic mass is 10.1. The Balaban J connectivity index is 1.60. The van der Waals surface area contributed by atoms with Crippen LogP contribution in [0.2, 0.25) is 0 Å². The number of carbonyl (C=O) groups is 1. The van der Waals surface area contributed by atoms with E-state index in [1.165, 1.54) is 11.8 Å². The highest BCUT2D eigenvalue weighted by Crippen LogP contribution is 2.22. The molecule has 4 rings (SSSR count). The molecule has 9 heteroatoms. The first-order chi connectivity index (χ1) is 16.0. The number of para-hydroxylation sites is 1. The Kier molecular flexibility index (Phi) is 7.10. The van der Waals surface area contributed by atoms with Crippen molar-refractivity contribution in [2.24, 2.45) is 0 Å². The average Bonchev–Trinajstić information content (AvgIpc) is 3.25. The van der Waals surface area contributed by atoms with Crippen molar-refractivity contribution in [2.75, 3.05) is 26.5 Å². The van der Waals surface area contributed by atoms with E-state index < -0.39 is 0 Å². The van der Waals surface area contributed by atoms with Gasteiger partial charge in [0.25, 0.3) is 5.56 Å². The Morgan fingerprint density at radius 1 is 1.12 bits per heavy atom. The number of aromatic nitrogens is 4. The van der Waals surface area contributed by atoms with Gasteiger partial charge in [-0.05, 0) is 36.6 Å². The molecule has 4 aromatic rings. The molecule has 1 amide bonds. The van der Waals surface area contributed by atoms with Crippen LogP contribution in [0.1, 0.15) is 17.5 Å². The Labute approximate surface area is 196 Å². The molecule has 0 bridgehead atoms. The molecular formula is C24H27N5O3S. The number of carbonyl (C=O) groups excluding carboxylic acids is 1. The van der Waals surface area contributed by atoms with Crippen LogP contribution in [0.15, 0.2) is 58.5 Å². The van der Waals surface area contributed by atoms with Crippen molar-refractivity contribution in [3.05, 3.63) is 70.0 Å². The predicted octanol–water partition coefficient (Wildman–Crippen LogP) is 3.14. The minimum Gasteiger partial charge on any atom is -0.385 e. The van der Waals surface area contributed by atoms with Crippen molar-refractivity contribution < 1.29 is 9.53 Å². The molecule has 0 aliphatic carbocycles. The summed E-state index contributed by atoms with van der Waals surface area (Å²) < 4.78 is 8.63. The highest BCUT2D eigenvalue weighted by molar-refractivity contribution is 7.99. The molecule has 33 heavy (non-hydrogen) atoms. The van der Waals surface area contributed by atoms with Crippen LogP contribution in [0.4, 0.5) is 0 Å². The average molecular weight is 466 g/mol. The molecular weight excluding hydrogens is 438 g/mol. The molecule has 0 aliphatic rings. The molecule has 0 unspecified atom stereocenters. The molecule has 2 aromatic heterocycles. The van der Waals surface area contributed by atoms with E-state index in [-0.39, 0.29) is 17.2 Å². The molecule has 0 radical (unpaired) electrons. The maximum Gasteiger partial charge on any atom is 0.262 e. The van der Waals surface area contributed by atoms with E-state index >= 15 is 0 Å². The van der Waals surface area contributed by atoms with Crippen LogP contribution < -0.4 is 5.56 Å². The Hall–Kier alpha value is -3.17. The summed E-state index contributed by atoms with van der Waals surface area (Å²) in [5.41, 5.74) is 2.91. The van der Waals surface area contributed by atoms with Gasteiger partial charge in [-0.25, -0.2) is 0 Å². The Bertz CT molecular complexity index is 1350. The summed E-state index contributed by atoms with van der Waals surface area (Å²) in [5.74, 6) is 0.691. The van der Waals surface area contributed by atoms with E-state index in [9.17, 15) is 9.59 Å². The highest BCUT2D eigenvalue weighted by atomic mass is 32.2. The fourth-order valence-corrected chi connectivity index (χ4v) is 4.64. The van der Waals surface area contributed by atoms with E-state index in [4.69, 9.17) is 4.74 Å². The van der Waals surface area contributed by atoms with E-state index in [1.807, 2.05) is 53.8 Å². The molecule has 0 saturated carbocycles. The summed E-state index contributed by atoms with van der Waals surface area (Å²) >= 11 is 1.32. The summed E-state index contributed by atoms with van der Waals surface area (Å²) in [5, 5.41) is 9.79. The van der Waals surface area contributed by atoms with Crippen molar-refractivity contribution >= 4 is 34.3 Å². The lowest BCUT2D eigenvalue weighted by molar-refractivity contribution is -0.127. The number of fused-ring (bicyclic) bond motifs is 3. The van der Waals surface area contributed by atoms with Crippen LogP contribution in [-0.4, -0.2) is 56.5 Å². The fraction of sp³-hybridized carbons (Fsp3) is 0.333. The van der Waals surface area contributed by atoms with Gasteiger partial charge in [0.05, 0.1) is 16.7 Å². The van der Waals surface area contributed by atoms with Crippen molar-refractivity contribution in [3.63, 3.8) is 0 Å². The van der Waals surface area contributed by atoms with Gasteiger partial charge in [-0.15, -0.1) is 10.2 Å². The molecule has 0 spiro atoms. The smallest absolute Gasteiger partial charge is 0.262 e. The van der Waals surface area contributed by atoms with Gasteiger partial charge in [0, 0.05) is 33.9 Å². The van der Waals surface area contributed by atoms with Crippen LogP contribution >= 0.6 is 11.8 Å². The van der Waals surface area contributed by atoms with Gasteiger partial charge in [0.15, 0.2) is 5.16 Å². The van der Waals surface area contributed by atoms with Crippen LogP contribution in [0, 0.1) is 6.92 Å². The van der Waals surface area contributed by atoms with Crippen LogP contribution in [0.5, 0.6) is 0 Å². The van der Waals surface area contributed by atoms with Gasteiger partial charge < -0.3 is 9.64 Å². The number of rotatable bonds is 9. The number of benzene rings is 2. The summed E-state index contributed by atoms with van der Waals surface area (Å²) in [6, 6.07) is 15.5. The summed E-state index contributed by atoms with van der Waals surface area (Å²) in [4.78, 5) is 27.6. The number of thioether (sulfide) groups is 1. The number of hydrogen-bond acceptors (Lipinski definition) is 6. The van der Waals surface area contributed by atoms with Gasteiger partial charge in [-0.1, -0.05) is 48.2 Å². The summed E-state index contributed by atoms with van der Waals surface area (Å²) in [6.07, 6.45) is 0.682. The number of methoxy groups -OCH3 is 1. The van der Waals surface area contributed by atoms with Crippen molar-refractivity contribution in [2.45, 2.75) is 31.6 Å². The minimum absolute atomic E-state index is 0.00211. The third-order valence-electron chi connectivity index (χ3n) is 5.63. The SMILES string of the molecule is COCCCn1c(=O)c2ccccc2n2c(SCC(=O)N(C)Cc3ccccc3C)nnc12. The normalized spacial score (nSPS) is 11.4. The zero-order chi connectivity index (χ0) is 23.4. The van der Waals surface area contributed by atoms with Gasteiger partial charge in [0.2, 0.25) is 11.7 Å². The molecule has 0 aliphatic heterocycles. The second kappa shape index (κ2) is 10.2. The van der Waals surface area contributed by atoms with Gasteiger partial charge in [-0.2, -0.15) is 0 Å². The van der Waals surface area contributed by atoms with E-state index in [1.54, 1.807) is 29.7 Å².